The summed E-state index contributed by atoms with van der Waals surface area (Å²) in [4.78, 5) is 16.0. The molecule has 2 aromatic carbocycles. The second-order valence-corrected chi connectivity index (χ2v) is 7.31. The first-order valence-corrected chi connectivity index (χ1v) is 9.78. The van der Waals surface area contributed by atoms with Crippen LogP contribution in [0.25, 0.3) is 0 Å². The fourth-order valence-corrected chi connectivity index (χ4v) is 3.71. The molecular formula is C20H23FN2OS. The molecule has 0 aliphatic carbocycles. The lowest BCUT2D eigenvalue weighted by Crippen LogP contribution is -2.40. The first-order valence-electron chi connectivity index (χ1n) is 8.56. The predicted octanol–water partition coefficient (Wildman–Crippen LogP) is 4.40. The number of amides is 1. The Labute approximate surface area is 152 Å². The lowest BCUT2D eigenvalue weighted by Gasteiger charge is -2.32. The molecule has 3 rings (SSSR count). The molecule has 1 saturated heterocycles. The van der Waals surface area contributed by atoms with E-state index in [-0.39, 0.29) is 17.6 Å². The highest BCUT2D eigenvalue weighted by atomic mass is 32.2. The Bertz CT molecular complexity index is 737. The summed E-state index contributed by atoms with van der Waals surface area (Å²) in [5, 5.41) is 3.04. The molecule has 25 heavy (non-hydrogen) atoms. The monoisotopic (exact) mass is 358 g/mol. The Morgan fingerprint density at radius 3 is 2.92 bits per heavy atom. The summed E-state index contributed by atoms with van der Waals surface area (Å²) in [7, 11) is 0. The van der Waals surface area contributed by atoms with Crippen LogP contribution in [0.4, 0.5) is 10.1 Å². The van der Waals surface area contributed by atoms with E-state index in [1.165, 1.54) is 6.07 Å². The lowest BCUT2D eigenvalue weighted by atomic mass is 9.96. The zero-order valence-electron chi connectivity index (χ0n) is 14.4. The number of thioether (sulfide) groups is 1. The highest BCUT2D eigenvalue weighted by molar-refractivity contribution is 7.98. The molecule has 1 aliphatic heterocycles. The van der Waals surface area contributed by atoms with Gasteiger partial charge in [0.15, 0.2) is 0 Å². The molecule has 1 amide bonds. The number of likely N-dealkylation sites (tertiary alicyclic amines) is 1. The Kier molecular flexibility index (Phi) is 6.10. The molecule has 1 heterocycles. The molecule has 3 nitrogen and oxygen atoms in total. The van der Waals surface area contributed by atoms with E-state index >= 15 is 0 Å². The van der Waals surface area contributed by atoms with Gasteiger partial charge in [-0.15, -0.1) is 11.8 Å². The summed E-state index contributed by atoms with van der Waals surface area (Å²) in [5.41, 5.74) is 1.80. The zero-order valence-corrected chi connectivity index (χ0v) is 15.2. The average molecular weight is 358 g/mol. The lowest BCUT2D eigenvalue weighted by molar-refractivity contribution is -0.121. The average Bonchev–Trinajstić information content (AvgIpc) is 2.62. The molecule has 1 N–H and O–H groups in total. The van der Waals surface area contributed by atoms with Crippen molar-refractivity contribution in [2.24, 2.45) is 5.92 Å². The van der Waals surface area contributed by atoms with Crippen molar-refractivity contribution in [1.82, 2.24) is 4.90 Å². The van der Waals surface area contributed by atoms with E-state index in [4.69, 9.17) is 0 Å². The van der Waals surface area contributed by atoms with Gasteiger partial charge in [-0.2, -0.15) is 0 Å². The number of nitrogens with one attached hydrogen (secondary N) is 1. The Morgan fingerprint density at radius 1 is 1.28 bits per heavy atom. The first-order chi connectivity index (χ1) is 12.1. The first kappa shape index (κ1) is 18.0. The SMILES string of the molecule is CSc1cccc(NC(=O)C2CCCN(Cc3cccc(F)c3)C2)c1. The maximum atomic E-state index is 13.3. The van der Waals surface area contributed by atoms with Crippen molar-refractivity contribution in [1.29, 1.82) is 0 Å². The predicted molar refractivity (Wildman–Crippen MR) is 101 cm³/mol. The minimum atomic E-state index is -0.211. The van der Waals surface area contributed by atoms with E-state index < -0.39 is 0 Å². The third-order valence-electron chi connectivity index (χ3n) is 4.51. The van der Waals surface area contributed by atoms with Crippen LogP contribution in [0, 0.1) is 11.7 Å². The van der Waals surface area contributed by atoms with Crippen molar-refractivity contribution in [3.63, 3.8) is 0 Å². The van der Waals surface area contributed by atoms with Gasteiger partial charge in [-0.05, 0) is 61.5 Å². The number of halogens is 1. The van der Waals surface area contributed by atoms with Crippen molar-refractivity contribution in [2.75, 3.05) is 24.7 Å². The Morgan fingerprint density at radius 2 is 2.12 bits per heavy atom. The van der Waals surface area contributed by atoms with Crippen LogP contribution >= 0.6 is 11.8 Å². The summed E-state index contributed by atoms with van der Waals surface area (Å²) in [5.74, 6) is -0.167. The number of anilines is 1. The highest BCUT2D eigenvalue weighted by Crippen LogP contribution is 2.23. The van der Waals surface area contributed by atoms with Crippen molar-refractivity contribution in [3.8, 4) is 0 Å². The van der Waals surface area contributed by atoms with Gasteiger partial charge in [0.05, 0.1) is 5.92 Å². The van der Waals surface area contributed by atoms with Gasteiger partial charge in [-0.3, -0.25) is 9.69 Å². The molecule has 132 valence electrons. The van der Waals surface area contributed by atoms with Gasteiger partial charge >= 0.3 is 0 Å². The number of piperidine rings is 1. The number of hydrogen-bond donors (Lipinski definition) is 1. The molecule has 0 radical (unpaired) electrons. The standard InChI is InChI=1S/C20H23FN2OS/c1-25-19-9-3-8-18(12-19)22-20(24)16-6-4-10-23(14-16)13-15-5-2-7-17(21)11-15/h2-3,5,7-9,11-12,16H,4,6,10,13-14H2,1H3,(H,22,24). The number of carbonyl (C=O) groups is 1. The third-order valence-corrected chi connectivity index (χ3v) is 5.23. The van der Waals surface area contributed by atoms with E-state index in [2.05, 4.69) is 10.2 Å². The van der Waals surface area contributed by atoms with Crippen molar-refractivity contribution in [2.45, 2.75) is 24.3 Å². The van der Waals surface area contributed by atoms with E-state index in [0.29, 0.717) is 13.1 Å². The Hall–Kier alpha value is -1.85. The van der Waals surface area contributed by atoms with Crippen LogP contribution in [0.15, 0.2) is 53.4 Å². The number of rotatable bonds is 5. The fraction of sp³-hybridized carbons (Fsp3) is 0.350. The maximum Gasteiger partial charge on any atom is 0.228 e. The molecule has 0 saturated carbocycles. The zero-order chi connectivity index (χ0) is 17.6. The topological polar surface area (TPSA) is 32.3 Å². The number of hydrogen-bond acceptors (Lipinski definition) is 3. The normalized spacial score (nSPS) is 18.1. The van der Waals surface area contributed by atoms with E-state index in [9.17, 15) is 9.18 Å². The summed E-state index contributed by atoms with van der Waals surface area (Å²) in [6.45, 7) is 2.34. The highest BCUT2D eigenvalue weighted by Gasteiger charge is 2.26. The van der Waals surface area contributed by atoms with Crippen molar-refractivity contribution in [3.05, 3.63) is 59.9 Å². The van der Waals surface area contributed by atoms with E-state index in [1.54, 1.807) is 23.9 Å². The van der Waals surface area contributed by atoms with Crippen LogP contribution in [0.3, 0.4) is 0 Å². The van der Waals surface area contributed by atoms with E-state index in [1.807, 2.05) is 36.6 Å². The second-order valence-electron chi connectivity index (χ2n) is 6.43. The molecule has 0 spiro atoms. The minimum Gasteiger partial charge on any atom is -0.326 e. The third kappa shape index (κ3) is 5.06. The van der Waals surface area contributed by atoms with Crippen LogP contribution in [-0.2, 0) is 11.3 Å². The molecule has 5 heteroatoms. The van der Waals surface area contributed by atoms with Crippen LogP contribution in [0.1, 0.15) is 18.4 Å². The molecule has 1 aliphatic rings. The van der Waals surface area contributed by atoms with Gasteiger partial charge in [0, 0.05) is 23.7 Å². The summed E-state index contributed by atoms with van der Waals surface area (Å²) in [6, 6.07) is 14.6. The quantitative estimate of drug-likeness (QED) is 0.804. The van der Waals surface area contributed by atoms with Gasteiger partial charge in [0.25, 0.3) is 0 Å². The van der Waals surface area contributed by atoms with Crippen LogP contribution in [-0.4, -0.2) is 30.2 Å². The molecular weight excluding hydrogens is 335 g/mol. The minimum absolute atomic E-state index is 0.0276. The largest absolute Gasteiger partial charge is 0.326 e. The van der Waals surface area contributed by atoms with Crippen molar-refractivity contribution < 1.29 is 9.18 Å². The number of benzene rings is 2. The number of nitrogens with zero attached hydrogens (tertiary/aromatic N) is 1. The Balaban J connectivity index is 1.59. The molecule has 1 atom stereocenters. The maximum absolute atomic E-state index is 13.3. The molecule has 1 fully saturated rings. The van der Waals surface area contributed by atoms with Gasteiger partial charge in [0.2, 0.25) is 5.91 Å². The van der Waals surface area contributed by atoms with Crippen LogP contribution in [0.5, 0.6) is 0 Å². The van der Waals surface area contributed by atoms with Crippen molar-refractivity contribution >= 4 is 23.4 Å². The molecule has 0 bridgehead atoms. The van der Waals surface area contributed by atoms with Gasteiger partial charge in [0.1, 0.15) is 5.82 Å². The van der Waals surface area contributed by atoms with Gasteiger partial charge < -0.3 is 5.32 Å². The van der Waals surface area contributed by atoms with Gasteiger partial charge in [-0.1, -0.05) is 18.2 Å². The van der Waals surface area contributed by atoms with Crippen LogP contribution < -0.4 is 5.32 Å². The number of carbonyl (C=O) groups excluding carboxylic acids is 1. The summed E-state index contributed by atoms with van der Waals surface area (Å²) >= 11 is 1.66. The fourth-order valence-electron chi connectivity index (χ4n) is 3.25. The molecule has 1 unspecified atom stereocenters. The summed E-state index contributed by atoms with van der Waals surface area (Å²) < 4.78 is 13.3. The smallest absolute Gasteiger partial charge is 0.228 e. The van der Waals surface area contributed by atoms with E-state index in [0.717, 1.165) is 35.5 Å². The molecule has 2 aromatic rings. The second kappa shape index (κ2) is 8.50. The molecule has 0 aromatic heterocycles. The van der Waals surface area contributed by atoms with Crippen LogP contribution in [0.2, 0.25) is 0 Å². The summed E-state index contributed by atoms with van der Waals surface area (Å²) in [6.07, 6.45) is 3.90. The van der Waals surface area contributed by atoms with Gasteiger partial charge in [-0.25, -0.2) is 4.39 Å².